The number of rotatable bonds is 4. The van der Waals surface area contributed by atoms with Crippen LogP contribution in [0.3, 0.4) is 0 Å². The van der Waals surface area contributed by atoms with Crippen molar-refractivity contribution in [2.24, 2.45) is 0 Å². The van der Waals surface area contributed by atoms with E-state index >= 15 is 0 Å². The lowest BCUT2D eigenvalue weighted by Crippen LogP contribution is -2.45. The number of nitrogens with one attached hydrogen (secondary N) is 1. The monoisotopic (exact) mass is 253 g/mol. The number of hydrogen-bond donors (Lipinski definition) is 2. The number of carbonyl (C=O) groups is 2. The van der Waals surface area contributed by atoms with Gasteiger partial charge in [-0.2, -0.15) is 0 Å². The van der Waals surface area contributed by atoms with Crippen LogP contribution in [0.1, 0.15) is 18.4 Å². The summed E-state index contributed by atoms with van der Waals surface area (Å²) in [6.45, 7) is 4.37. The van der Waals surface area contributed by atoms with Gasteiger partial charge in [0.05, 0.1) is 6.54 Å². The Balaban J connectivity index is 3.05. The molecule has 0 aliphatic heterocycles. The van der Waals surface area contributed by atoms with Gasteiger partial charge in [-0.25, -0.2) is 9.78 Å². The minimum Gasteiger partial charge on any atom is -0.480 e. The van der Waals surface area contributed by atoms with Crippen LogP contribution in [0, 0.1) is 13.8 Å². The number of carbonyl (C=O) groups excluding carboxylic acids is 1. The average Bonchev–Trinajstić information content (AvgIpc) is 2.20. The lowest BCUT2D eigenvalue weighted by Gasteiger charge is -2.16. The van der Waals surface area contributed by atoms with Gasteiger partial charge in [0.1, 0.15) is 11.9 Å². The molecule has 1 atom stereocenters. The molecule has 0 spiro atoms. The Bertz CT molecular complexity index is 536. The number of carboxylic acids is 1. The minimum atomic E-state index is -1.20. The van der Waals surface area contributed by atoms with Gasteiger partial charge in [0.25, 0.3) is 5.56 Å². The first-order chi connectivity index (χ1) is 8.31. The molecular weight excluding hydrogens is 238 g/mol. The van der Waals surface area contributed by atoms with E-state index in [0.29, 0.717) is 11.5 Å². The van der Waals surface area contributed by atoms with E-state index in [1.165, 1.54) is 17.6 Å². The Morgan fingerprint density at radius 3 is 2.56 bits per heavy atom. The van der Waals surface area contributed by atoms with Crippen LogP contribution >= 0.6 is 0 Å². The third kappa shape index (κ3) is 3.41. The Hall–Kier alpha value is -2.18. The van der Waals surface area contributed by atoms with Crippen LogP contribution < -0.4 is 10.9 Å². The van der Waals surface area contributed by atoms with Crippen molar-refractivity contribution in [3.63, 3.8) is 0 Å². The lowest BCUT2D eigenvalue weighted by molar-refractivity contribution is -0.142. The summed E-state index contributed by atoms with van der Waals surface area (Å²) in [6, 6.07) is 0.170. The summed E-state index contributed by atoms with van der Waals surface area (Å²) in [5, 5.41) is 11.2. The zero-order valence-corrected chi connectivity index (χ0v) is 10.4. The van der Waals surface area contributed by atoms with Crippen molar-refractivity contribution in [2.75, 3.05) is 0 Å². The number of aliphatic carboxylic acids is 1. The second-order valence-electron chi connectivity index (χ2n) is 3.98. The van der Waals surface area contributed by atoms with Gasteiger partial charge < -0.3 is 10.4 Å². The summed E-state index contributed by atoms with van der Waals surface area (Å²) in [4.78, 5) is 37.7. The summed E-state index contributed by atoms with van der Waals surface area (Å²) in [7, 11) is 0. The van der Waals surface area contributed by atoms with Gasteiger partial charge in [0.2, 0.25) is 5.91 Å². The number of hydrogen-bond acceptors (Lipinski definition) is 4. The first-order valence-electron chi connectivity index (χ1n) is 5.36. The minimum absolute atomic E-state index is 0.146. The van der Waals surface area contributed by atoms with Crippen molar-refractivity contribution in [3.8, 4) is 0 Å². The fourth-order valence-electron chi connectivity index (χ4n) is 1.60. The SMILES string of the molecule is CC(=O)NC(Cn1c(C)nc(C)cc1=O)C(=O)O. The molecule has 0 saturated heterocycles. The Labute approximate surface area is 103 Å². The van der Waals surface area contributed by atoms with Crippen molar-refractivity contribution < 1.29 is 14.7 Å². The molecule has 98 valence electrons. The van der Waals surface area contributed by atoms with E-state index < -0.39 is 17.9 Å². The fraction of sp³-hybridized carbons (Fsp3) is 0.455. The predicted octanol–water partition coefficient (Wildman–Crippen LogP) is -0.551. The smallest absolute Gasteiger partial charge is 0.328 e. The lowest BCUT2D eigenvalue weighted by atomic mass is 10.2. The molecular formula is C11H15N3O4. The zero-order valence-electron chi connectivity index (χ0n) is 10.4. The maximum absolute atomic E-state index is 11.7. The van der Waals surface area contributed by atoms with E-state index in [0.717, 1.165) is 0 Å². The molecule has 0 aromatic carbocycles. The van der Waals surface area contributed by atoms with Crippen LogP contribution in [0.5, 0.6) is 0 Å². The summed E-state index contributed by atoms with van der Waals surface area (Å²) in [5.74, 6) is -1.25. The predicted molar refractivity (Wildman–Crippen MR) is 63.2 cm³/mol. The Morgan fingerprint density at radius 2 is 2.11 bits per heavy atom. The molecule has 0 aliphatic rings. The van der Waals surface area contributed by atoms with E-state index in [1.807, 2.05) is 0 Å². The van der Waals surface area contributed by atoms with Crippen molar-refractivity contribution >= 4 is 11.9 Å². The van der Waals surface area contributed by atoms with E-state index in [1.54, 1.807) is 13.8 Å². The molecule has 0 bridgehead atoms. The normalized spacial score (nSPS) is 11.9. The molecule has 7 heteroatoms. The number of amides is 1. The Kier molecular flexibility index (Phi) is 4.19. The van der Waals surface area contributed by atoms with Gasteiger partial charge in [-0.15, -0.1) is 0 Å². The van der Waals surface area contributed by atoms with Crippen molar-refractivity contribution in [2.45, 2.75) is 33.4 Å². The van der Waals surface area contributed by atoms with Crippen LogP contribution in [-0.2, 0) is 16.1 Å². The molecule has 0 fully saturated rings. The summed E-state index contributed by atoms with van der Waals surface area (Å²) in [6.07, 6.45) is 0. The van der Waals surface area contributed by atoms with Crippen LogP contribution in [0.25, 0.3) is 0 Å². The van der Waals surface area contributed by atoms with Crippen LogP contribution in [0.15, 0.2) is 10.9 Å². The van der Waals surface area contributed by atoms with Crippen LogP contribution in [-0.4, -0.2) is 32.6 Å². The van der Waals surface area contributed by atoms with Crippen molar-refractivity contribution in [1.82, 2.24) is 14.9 Å². The fourth-order valence-corrected chi connectivity index (χ4v) is 1.60. The molecule has 7 nitrogen and oxygen atoms in total. The first-order valence-corrected chi connectivity index (χ1v) is 5.36. The molecule has 0 aliphatic carbocycles. The first kappa shape index (κ1) is 13.9. The van der Waals surface area contributed by atoms with Gasteiger partial charge in [-0.1, -0.05) is 0 Å². The molecule has 1 aromatic heterocycles. The highest BCUT2D eigenvalue weighted by atomic mass is 16.4. The largest absolute Gasteiger partial charge is 0.480 e. The average molecular weight is 253 g/mol. The molecule has 1 amide bonds. The Morgan fingerprint density at radius 1 is 1.50 bits per heavy atom. The molecule has 1 unspecified atom stereocenters. The van der Waals surface area contributed by atoms with Gasteiger partial charge in [0, 0.05) is 18.7 Å². The number of carboxylic acid groups (broad SMARTS) is 1. The molecule has 0 radical (unpaired) electrons. The highest BCUT2D eigenvalue weighted by Crippen LogP contribution is 1.97. The maximum Gasteiger partial charge on any atom is 0.328 e. The van der Waals surface area contributed by atoms with E-state index in [4.69, 9.17) is 5.11 Å². The topological polar surface area (TPSA) is 101 Å². The van der Waals surface area contributed by atoms with Crippen molar-refractivity contribution in [1.29, 1.82) is 0 Å². The number of aromatic nitrogens is 2. The van der Waals surface area contributed by atoms with E-state index in [9.17, 15) is 14.4 Å². The molecule has 2 N–H and O–H groups in total. The van der Waals surface area contributed by atoms with Gasteiger partial charge in [0.15, 0.2) is 0 Å². The summed E-state index contributed by atoms with van der Waals surface area (Å²) < 4.78 is 1.22. The molecule has 1 aromatic rings. The standard InChI is InChI=1S/C11H15N3O4/c1-6-4-10(16)14(7(2)12-6)5-9(11(17)18)13-8(3)15/h4,9H,5H2,1-3H3,(H,13,15)(H,17,18). The quantitative estimate of drug-likeness (QED) is 0.749. The maximum atomic E-state index is 11.7. The van der Waals surface area contributed by atoms with Gasteiger partial charge >= 0.3 is 5.97 Å². The second-order valence-corrected chi connectivity index (χ2v) is 3.98. The van der Waals surface area contributed by atoms with Crippen LogP contribution in [0.4, 0.5) is 0 Å². The van der Waals surface area contributed by atoms with Gasteiger partial charge in [-0.05, 0) is 13.8 Å². The van der Waals surface area contributed by atoms with E-state index in [2.05, 4.69) is 10.3 Å². The number of aryl methyl sites for hydroxylation is 2. The molecule has 18 heavy (non-hydrogen) atoms. The van der Waals surface area contributed by atoms with E-state index in [-0.39, 0.29) is 12.1 Å². The zero-order chi connectivity index (χ0) is 13.9. The van der Waals surface area contributed by atoms with Crippen molar-refractivity contribution in [3.05, 3.63) is 27.9 Å². The third-order valence-electron chi connectivity index (χ3n) is 2.37. The molecule has 1 heterocycles. The summed E-state index contributed by atoms with van der Waals surface area (Å²) in [5.41, 5.74) is 0.233. The van der Waals surface area contributed by atoms with Gasteiger partial charge in [-0.3, -0.25) is 14.2 Å². The third-order valence-corrected chi connectivity index (χ3v) is 2.37. The number of nitrogens with zero attached hydrogens (tertiary/aromatic N) is 2. The summed E-state index contributed by atoms with van der Waals surface area (Å²) >= 11 is 0. The highest BCUT2D eigenvalue weighted by Gasteiger charge is 2.20. The van der Waals surface area contributed by atoms with Crippen LogP contribution in [0.2, 0.25) is 0 Å². The highest BCUT2D eigenvalue weighted by molar-refractivity contribution is 5.81. The second kappa shape index (κ2) is 5.44. The molecule has 0 saturated carbocycles. The molecule has 1 rings (SSSR count).